The molecule has 2 N–H and O–H groups in total. The fourth-order valence-electron chi connectivity index (χ4n) is 3.56. The number of halogens is 1. The summed E-state index contributed by atoms with van der Waals surface area (Å²) in [6.07, 6.45) is 2.20. The van der Waals surface area contributed by atoms with E-state index in [1.54, 1.807) is 12.0 Å². The van der Waals surface area contributed by atoms with Crippen molar-refractivity contribution in [3.05, 3.63) is 24.3 Å². The van der Waals surface area contributed by atoms with Gasteiger partial charge in [0.15, 0.2) is 0 Å². The fourth-order valence-corrected chi connectivity index (χ4v) is 3.56. The van der Waals surface area contributed by atoms with Crippen molar-refractivity contribution in [2.75, 3.05) is 31.6 Å². The highest BCUT2D eigenvalue weighted by Gasteiger charge is 2.40. The van der Waals surface area contributed by atoms with Crippen LogP contribution in [0.15, 0.2) is 24.3 Å². The summed E-state index contributed by atoms with van der Waals surface area (Å²) >= 11 is 0. The van der Waals surface area contributed by atoms with Gasteiger partial charge in [0.1, 0.15) is 5.75 Å². The van der Waals surface area contributed by atoms with Crippen LogP contribution < -0.4 is 15.4 Å². The Labute approximate surface area is 148 Å². The third kappa shape index (κ3) is 3.35. The molecule has 132 valence electrons. The molecule has 2 unspecified atom stereocenters. The van der Waals surface area contributed by atoms with Crippen LogP contribution in [0, 0.1) is 5.92 Å². The molecule has 0 spiro atoms. The van der Waals surface area contributed by atoms with E-state index in [0.29, 0.717) is 18.8 Å². The van der Waals surface area contributed by atoms with Gasteiger partial charge in [-0.3, -0.25) is 9.59 Å². The smallest absolute Gasteiger partial charge is 0.228 e. The maximum Gasteiger partial charge on any atom is 0.228 e. The molecule has 0 bridgehead atoms. The van der Waals surface area contributed by atoms with Gasteiger partial charge in [-0.25, -0.2) is 0 Å². The van der Waals surface area contributed by atoms with E-state index in [1.807, 2.05) is 29.2 Å². The normalized spacial score (nSPS) is 23.3. The number of hydrogen-bond donors (Lipinski definition) is 1. The molecule has 2 aliphatic heterocycles. The minimum Gasteiger partial charge on any atom is -0.495 e. The summed E-state index contributed by atoms with van der Waals surface area (Å²) in [5.74, 6) is 0.384. The summed E-state index contributed by atoms with van der Waals surface area (Å²) in [4.78, 5) is 28.7. The molecule has 6 nitrogen and oxygen atoms in total. The molecular weight excluding hydrogens is 330 g/mol. The predicted octanol–water partition coefficient (Wildman–Crippen LogP) is 1.42. The van der Waals surface area contributed by atoms with Crippen molar-refractivity contribution >= 4 is 29.9 Å². The highest BCUT2D eigenvalue weighted by atomic mass is 35.5. The SMILES string of the molecule is COc1ccccc1N1CC(C(=O)N2CCCC2CN)CC1=O.Cl. The minimum atomic E-state index is -0.292. The zero-order valence-electron chi connectivity index (χ0n) is 13.8. The number of nitrogens with two attached hydrogens (primary N) is 1. The van der Waals surface area contributed by atoms with Gasteiger partial charge in [0.2, 0.25) is 11.8 Å². The Kier molecular flexibility index (Phi) is 6.07. The van der Waals surface area contributed by atoms with Crippen molar-refractivity contribution in [3.8, 4) is 5.75 Å². The Hall–Kier alpha value is -1.79. The third-order valence-corrected chi connectivity index (χ3v) is 4.78. The minimum absolute atomic E-state index is 0. The van der Waals surface area contributed by atoms with Crippen LogP contribution in [0.5, 0.6) is 5.75 Å². The summed E-state index contributed by atoms with van der Waals surface area (Å²) in [7, 11) is 1.58. The highest BCUT2D eigenvalue weighted by Crippen LogP contribution is 2.34. The molecule has 2 aliphatic rings. The zero-order chi connectivity index (χ0) is 16.4. The van der Waals surface area contributed by atoms with Crippen LogP contribution in [0.25, 0.3) is 0 Å². The number of anilines is 1. The molecule has 7 heteroatoms. The molecule has 2 amide bonds. The highest BCUT2D eigenvalue weighted by molar-refractivity contribution is 6.01. The second-order valence-electron chi connectivity index (χ2n) is 6.14. The maximum atomic E-state index is 12.8. The molecular formula is C17H24ClN3O3. The average molecular weight is 354 g/mol. The summed E-state index contributed by atoms with van der Waals surface area (Å²) in [5.41, 5.74) is 6.49. The Morgan fingerprint density at radius 3 is 2.83 bits per heavy atom. The quantitative estimate of drug-likeness (QED) is 0.888. The number of carbonyl (C=O) groups excluding carboxylic acids is 2. The standard InChI is InChI=1S/C17H23N3O3.ClH/c1-23-15-7-3-2-6-14(15)20-11-12(9-16(20)21)17(22)19-8-4-5-13(19)10-18;/h2-3,6-7,12-13H,4-5,8-11,18H2,1H3;1H. The molecule has 24 heavy (non-hydrogen) atoms. The second kappa shape index (κ2) is 7.85. The van der Waals surface area contributed by atoms with Gasteiger partial charge in [-0.1, -0.05) is 12.1 Å². The Morgan fingerprint density at radius 2 is 2.12 bits per heavy atom. The maximum absolute atomic E-state index is 12.8. The third-order valence-electron chi connectivity index (χ3n) is 4.78. The summed E-state index contributed by atoms with van der Waals surface area (Å²) in [6.45, 7) is 1.65. The van der Waals surface area contributed by atoms with Crippen LogP contribution in [0.4, 0.5) is 5.69 Å². The molecule has 0 saturated carbocycles. The van der Waals surface area contributed by atoms with Crippen LogP contribution >= 0.6 is 12.4 Å². The van der Waals surface area contributed by atoms with Crippen LogP contribution in [0.1, 0.15) is 19.3 Å². The van der Waals surface area contributed by atoms with Crippen molar-refractivity contribution < 1.29 is 14.3 Å². The monoisotopic (exact) mass is 353 g/mol. The first-order valence-electron chi connectivity index (χ1n) is 8.09. The van der Waals surface area contributed by atoms with E-state index >= 15 is 0 Å². The van der Waals surface area contributed by atoms with Gasteiger partial charge in [0.25, 0.3) is 0 Å². The summed E-state index contributed by atoms with van der Waals surface area (Å²) < 4.78 is 5.33. The number of rotatable bonds is 4. The molecule has 2 heterocycles. The molecule has 2 atom stereocenters. The van der Waals surface area contributed by atoms with E-state index in [0.717, 1.165) is 25.1 Å². The Morgan fingerprint density at radius 1 is 1.38 bits per heavy atom. The Bertz CT molecular complexity index is 610. The molecule has 2 saturated heterocycles. The number of methoxy groups -OCH3 is 1. The lowest BCUT2D eigenvalue weighted by Crippen LogP contribution is -2.43. The van der Waals surface area contributed by atoms with E-state index in [4.69, 9.17) is 10.5 Å². The number of carbonyl (C=O) groups is 2. The van der Waals surface area contributed by atoms with Crippen molar-refractivity contribution in [1.29, 1.82) is 0 Å². The molecule has 0 radical (unpaired) electrons. The van der Waals surface area contributed by atoms with E-state index in [2.05, 4.69) is 0 Å². The van der Waals surface area contributed by atoms with Crippen LogP contribution in [0.2, 0.25) is 0 Å². The first kappa shape index (κ1) is 18.5. The second-order valence-corrected chi connectivity index (χ2v) is 6.14. The van der Waals surface area contributed by atoms with Crippen molar-refractivity contribution in [1.82, 2.24) is 4.90 Å². The summed E-state index contributed by atoms with van der Waals surface area (Å²) in [5, 5.41) is 0. The van der Waals surface area contributed by atoms with E-state index < -0.39 is 0 Å². The molecule has 1 aromatic carbocycles. The van der Waals surface area contributed by atoms with E-state index in [1.165, 1.54) is 0 Å². The number of ether oxygens (including phenoxy) is 1. The van der Waals surface area contributed by atoms with Gasteiger partial charge in [-0.15, -0.1) is 12.4 Å². The van der Waals surface area contributed by atoms with Gasteiger partial charge in [-0.2, -0.15) is 0 Å². The molecule has 2 fully saturated rings. The fraction of sp³-hybridized carbons (Fsp3) is 0.529. The van der Waals surface area contributed by atoms with E-state index in [9.17, 15) is 9.59 Å². The predicted molar refractivity (Wildman–Crippen MR) is 94.5 cm³/mol. The van der Waals surface area contributed by atoms with Crippen LogP contribution in [0.3, 0.4) is 0 Å². The number of para-hydroxylation sites is 2. The van der Waals surface area contributed by atoms with Crippen molar-refractivity contribution in [2.45, 2.75) is 25.3 Å². The van der Waals surface area contributed by atoms with Crippen LogP contribution in [-0.2, 0) is 9.59 Å². The van der Waals surface area contributed by atoms with Gasteiger partial charge in [0, 0.05) is 32.1 Å². The van der Waals surface area contributed by atoms with Gasteiger partial charge >= 0.3 is 0 Å². The molecule has 3 rings (SSSR count). The number of likely N-dealkylation sites (tertiary alicyclic amines) is 1. The first-order valence-corrected chi connectivity index (χ1v) is 8.09. The number of benzene rings is 1. The topological polar surface area (TPSA) is 75.9 Å². The van der Waals surface area contributed by atoms with Crippen molar-refractivity contribution in [3.63, 3.8) is 0 Å². The van der Waals surface area contributed by atoms with Gasteiger partial charge in [0.05, 0.1) is 18.7 Å². The van der Waals surface area contributed by atoms with Crippen molar-refractivity contribution in [2.24, 2.45) is 11.7 Å². The number of nitrogens with zero attached hydrogens (tertiary/aromatic N) is 2. The molecule has 0 aromatic heterocycles. The van der Waals surface area contributed by atoms with Gasteiger partial charge < -0.3 is 20.3 Å². The van der Waals surface area contributed by atoms with Crippen LogP contribution in [-0.4, -0.2) is 49.5 Å². The average Bonchev–Trinajstić information content (AvgIpc) is 3.20. The summed E-state index contributed by atoms with van der Waals surface area (Å²) in [6, 6.07) is 7.52. The number of amides is 2. The molecule has 1 aromatic rings. The lowest BCUT2D eigenvalue weighted by Gasteiger charge is -2.26. The lowest BCUT2D eigenvalue weighted by atomic mass is 10.1. The zero-order valence-corrected chi connectivity index (χ0v) is 14.6. The first-order chi connectivity index (χ1) is 11.2. The number of hydrogen-bond acceptors (Lipinski definition) is 4. The largest absolute Gasteiger partial charge is 0.495 e. The lowest BCUT2D eigenvalue weighted by molar-refractivity contribution is -0.136. The van der Waals surface area contributed by atoms with Gasteiger partial charge in [-0.05, 0) is 25.0 Å². The van der Waals surface area contributed by atoms with E-state index in [-0.39, 0.29) is 42.6 Å². The molecule has 0 aliphatic carbocycles. The Balaban J connectivity index is 0.00000208.